The van der Waals surface area contributed by atoms with Gasteiger partial charge in [0.1, 0.15) is 4.90 Å². The fourth-order valence-electron chi connectivity index (χ4n) is 1.77. The molecule has 100 valence electrons. The van der Waals surface area contributed by atoms with Crippen LogP contribution < -0.4 is 0 Å². The lowest BCUT2D eigenvalue weighted by molar-refractivity contribution is 0.0730. The van der Waals surface area contributed by atoms with Gasteiger partial charge in [0.15, 0.2) is 0 Å². The first kappa shape index (κ1) is 13.8. The molecule has 0 amide bonds. The molecule has 0 saturated carbocycles. The molecule has 18 heavy (non-hydrogen) atoms. The van der Waals surface area contributed by atoms with Crippen molar-refractivity contribution in [3.8, 4) is 0 Å². The Kier molecular flexibility index (Phi) is 4.24. The van der Waals surface area contributed by atoms with Crippen molar-refractivity contribution in [1.82, 2.24) is 4.31 Å². The molecule has 0 unspecified atom stereocenters. The third kappa shape index (κ3) is 2.67. The van der Waals surface area contributed by atoms with E-state index in [1.54, 1.807) is 6.07 Å². The zero-order chi connectivity index (χ0) is 13.2. The van der Waals surface area contributed by atoms with Crippen LogP contribution in [0.5, 0.6) is 0 Å². The molecule has 0 aliphatic carbocycles. The average Bonchev–Trinajstić information content (AvgIpc) is 2.40. The molecule has 1 fully saturated rings. The van der Waals surface area contributed by atoms with Crippen molar-refractivity contribution in [3.05, 3.63) is 28.8 Å². The highest BCUT2D eigenvalue weighted by Crippen LogP contribution is 2.26. The van der Waals surface area contributed by atoms with Crippen LogP contribution in [-0.2, 0) is 21.4 Å². The SMILES string of the molecule is O=S(=O)(c1cc(CO)ccc1Cl)N1CCOCC1. The molecule has 5 nitrogen and oxygen atoms in total. The van der Waals surface area contributed by atoms with E-state index in [-0.39, 0.29) is 16.5 Å². The van der Waals surface area contributed by atoms with Crippen LogP contribution in [0, 0.1) is 0 Å². The average molecular weight is 292 g/mol. The van der Waals surface area contributed by atoms with Gasteiger partial charge in [-0.05, 0) is 17.7 Å². The predicted molar refractivity (Wildman–Crippen MR) is 67.0 cm³/mol. The molecule has 7 heteroatoms. The van der Waals surface area contributed by atoms with Crippen molar-refractivity contribution >= 4 is 21.6 Å². The van der Waals surface area contributed by atoms with Gasteiger partial charge in [-0.25, -0.2) is 8.42 Å². The van der Waals surface area contributed by atoms with Gasteiger partial charge in [-0.2, -0.15) is 4.31 Å². The zero-order valence-corrected chi connectivity index (χ0v) is 11.2. The Morgan fingerprint density at radius 2 is 2.00 bits per heavy atom. The number of ether oxygens (including phenoxy) is 1. The zero-order valence-electron chi connectivity index (χ0n) is 9.67. The first-order chi connectivity index (χ1) is 8.55. The Hall–Kier alpha value is -0.660. The van der Waals surface area contributed by atoms with E-state index in [9.17, 15) is 8.42 Å². The van der Waals surface area contributed by atoms with E-state index in [1.807, 2.05) is 0 Å². The molecular formula is C11H14ClNO4S. The number of hydrogen-bond acceptors (Lipinski definition) is 4. The number of hydrogen-bond donors (Lipinski definition) is 1. The molecule has 1 aliphatic heterocycles. The quantitative estimate of drug-likeness (QED) is 0.897. The second kappa shape index (κ2) is 5.54. The molecule has 0 atom stereocenters. The van der Waals surface area contributed by atoms with Crippen molar-refractivity contribution in [2.75, 3.05) is 26.3 Å². The topological polar surface area (TPSA) is 66.8 Å². The Morgan fingerprint density at radius 1 is 1.33 bits per heavy atom. The third-order valence-electron chi connectivity index (χ3n) is 2.77. The Balaban J connectivity index is 2.39. The number of halogens is 1. The summed E-state index contributed by atoms with van der Waals surface area (Å²) >= 11 is 5.94. The number of rotatable bonds is 3. The summed E-state index contributed by atoms with van der Waals surface area (Å²) in [6.45, 7) is 1.19. The molecule has 2 rings (SSSR count). The van der Waals surface area contributed by atoms with Crippen LogP contribution in [0.3, 0.4) is 0 Å². The molecule has 0 spiro atoms. The van der Waals surface area contributed by atoms with E-state index in [4.69, 9.17) is 21.4 Å². The minimum Gasteiger partial charge on any atom is -0.392 e. The largest absolute Gasteiger partial charge is 0.392 e. The highest BCUT2D eigenvalue weighted by Gasteiger charge is 2.28. The maximum absolute atomic E-state index is 12.4. The second-order valence-electron chi connectivity index (χ2n) is 3.94. The summed E-state index contributed by atoms with van der Waals surface area (Å²) in [6.07, 6.45) is 0. The fraction of sp³-hybridized carbons (Fsp3) is 0.455. The molecule has 1 aromatic rings. The Bertz CT molecular complexity index is 526. The van der Waals surface area contributed by atoms with E-state index < -0.39 is 10.0 Å². The molecule has 1 heterocycles. The summed E-state index contributed by atoms with van der Waals surface area (Å²) in [5, 5.41) is 9.22. The minimum absolute atomic E-state index is 0.0395. The normalized spacial score (nSPS) is 17.9. The Labute approximate surface area is 111 Å². The summed E-state index contributed by atoms with van der Waals surface area (Å²) in [7, 11) is -3.62. The highest BCUT2D eigenvalue weighted by atomic mass is 35.5. The first-order valence-electron chi connectivity index (χ1n) is 5.53. The standard InChI is InChI=1S/C11H14ClNO4S/c12-10-2-1-9(8-14)7-11(10)18(15,16)13-3-5-17-6-4-13/h1-2,7,14H,3-6,8H2. The monoisotopic (exact) mass is 291 g/mol. The lowest BCUT2D eigenvalue weighted by atomic mass is 10.2. The van der Waals surface area contributed by atoms with Crippen LogP contribution in [-0.4, -0.2) is 44.1 Å². The lowest BCUT2D eigenvalue weighted by Crippen LogP contribution is -2.40. The summed E-state index contributed by atoms with van der Waals surface area (Å²) < 4.78 is 31.2. The van der Waals surface area contributed by atoms with E-state index >= 15 is 0 Å². The smallest absolute Gasteiger partial charge is 0.244 e. The molecule has 1 aliphatic rings. The molecule has 0 bridgehead atoms. The van der Waals surface area contributed by atoms with Gasteiger partial charge >= 0.3 is 0 Å². The van der Waals surface area contributed by atoms with Gasteiger partial charge in [0.05, 0.1) is 24.8 Å². The molecule has 1 N–H and O–H groups in total. The van der Waals surface area contributed by atoms with Gasteiger partial charge in [-0.1, -0.05) is 17.7 Å². The van der Waals surface area contributed by atoms with Crippen LogP contribution in [0.2, 0.25) is 5.02 Å². The van der Waals surface area contributed by atoms with Crippen LogP contribution in [0.4, 0.5) is 0 Å². The third-order valence-corrected chi connectivity index (χ3v) is 5.15. The Morgan fingerprint density at radius 3 is 2.61 bits per heavy atom. The number of morpholine rings is 1. The van der Waals surface area contributed by atoms with Crippen LogP contribution in [0.1, 0.15) is 5.56 Å². The molecule has 0 aromatic heterocycles. The summed E-state index contributed by atoms with van der Waals surface area (Å²) in [6, 6.07) is 4.49. The predicted octanol–water partition coefficient (Wildman–Crippen LogP) is 0.853. The van der Waals surface area contributed by atoms with Crippen molar-refractivity contribution in [3.63, 3.8) is 0 Å². The lowest BCUT2D eigenvalue weighted by Gasteiger charge is -2.26. The van der Waals surface area contributed by atoms with E-state index in [1.165, 1.54) is 16.4 Å². The second-order valence-corrected chi connectivity index (χ2v) is 6.25. The summed E-state index contributed by atoms with van der Waals surface area (Å²) in [5.74, 6) is 0. The van der Waals surface area contributed by atoms with Crippen LogP contribution in [0.15, 0.2) is 23.1 Å². The van der Waals surface area contributed by atoms with Gasteiger partial charge < -0.3 is 9.84 Å². The summed E-state index contributed by atoms with van der Waals surface area (Å²) in [5.41, 5.74) is 0.520. The number of nitrogens with zero attached hydrogens (tertiary/aromatic N) is 1. The fourth-order valence-corrected chi connectivity index (χ4v) is 3.70. The van der Waals surface area contributed by atoms with Crippen molar-refractivity contribution in [2.45, 2.75) is 11.5 Å². The first-order valence-corrected chi connectivity index (χ1v) is 7.34. The van der Waals surface area contributed by atoms with Gasteiger partial charge in [-0.3, -0.25) is 0 Å². The minimum atomic E-state index is -3.62. The van der Waals surface area contributed by atoms with Gasteiger partial charge in [0.2, 0.25) is 10.0 Å². The van der Waals surface area contributed by atoms with Gasteiger partial charge in [0.25, 0.3) is 0 Å². The van der Waals surface area contributed by atoms with E-state index in [2.05, 4.69) is 0 Å². The number of benzene rings is 1. The number of aliphatic hydroxyl groups is 1. The summed E-state index contributed by atoms with van der Waals surface area (Å²) in [4.78, 5) is 0.0395. The van der Waals surface area contributed by atoms with Crippen LogP contribution in [0.25, 0.3) is 0 Å². The van der Waals surface area contributed by atoms with Gasteiger partial charge in [-0.15, -0.1) is 0 Å². The van der Waals surface area contributed by atoms with Crippen molar-refractivity contribution in [1.29, 1.82) is 0 Å². The van der Waals surface area contributed by atoms with E-state index in [0.29, 0.717) is 31.9 Å². The molecule has 1 saturated heterocycles. The molecular weight excluding hydrogens is 278 g/mol. The molecule has 0 radical (unpaired) electrons. The maximum atomic E-state index is 12.4. The van der Waals surface area contributed by atoms with Crippen molar-refractivity contribution in [2.24, 2.45) is 0 Å². The van der Waals surface area contributed by atoms with Gasteiger partial charge in [0, 0.05) is 13.1 Å². The van der Waals surface area contributed by atoms with Crippen molar-refractivity contribution < 1.29 is 18.3 Å². The number of sulfonamides is 1. The van der Waals surface area contributed by atoms with E-state index in [0.717, 1.165) is 0 Å². The highest BCUT2D eigenvalue weighted by molar-refractivity contribution is 7.89. The van der Waals surface area contributed by atoms with Crippen LogP contribution >= 0.6 is 11.6 Å². The maximum Gasteiger partial charge on any atom is 0.244 e. The number of aliphatic hydroxyl groups excluding tert-OH is 1. The molecule has 1 aromatic carbocycles.